The minimum Gasteiger partial charge on any atom is -0.493 e. The van der Waals surface area contributed by atoms with Gasteiger partial charge < -0.3 is 14.2 Å². The van der Waals surface area contributed by atoms with E-state index < -0.39 is 5.91 Å². The van der Waals surface area contributed by atoms with Gasteiger partial charge in [0, 0.05) is 11.5 Å². The third-order valence-corrected chi connectivity index (χ3v) is 4.63. The van der Waals surface area contributed by atoms with E-state index in [-0.39, 0.29) is 22.5 Å². The van der Waals surface area contributed by atoms with Crippen LogP contribution in [0, 0.1) is 5.92 Å². The number of hydrogen-bond donors (Lipinski definition) is 3. The molecule has 0 radical (unpaired) electrons. The van der Waals surface area contributed by atoms with Crippen LogP contribution in [0.15, 0.2) is 12.1 Å². The van der Waals surface area contributed by atoms with E-state index in [2.05, 4.69) is 16.2 Å². The Morgan fingerprint density at radius 3 is 2.07 bits per heavy atom. The van der Waals surface area contributed by atoms with Crippen LogP contribution in [0.3, 0.4) is 0 Å². The van der Waals surface area contributed by atoms with Gasteiger partial charge in [0.05, 0.1) is 21.3 Å². The first kappa shape index (κ1) is 20.8. The molecule has 1 aliphatic rings. The number of thiocarbonyl (C=S) groups is 1. The lowest BCUT2D eigenvalue weighted by molar-refractivity contribution is -0.126. The lowest BCUT2D eigenvalue weighted by atomic mass is 9.89. The monoisotopic (exact) mass is 395 g/mol. The summed E-state index contributed by atoms with van der Waals surface area (Å²) in [5.74, 6) is 0.493. The summed E-state index contributed by atoms with van der Waals surface area (Å²) < 4.78 is 15.7. The van der Waals surface area contributed by atoms with E-state index in [1.165, 1.54) is 39.9 Å². The number of rotatable bonds is 5. The van der Waals surface area contributed by atoms with Gasteiger partial charge in [-0.2, -0.15) is 0 Å². The van der Waals surface area contributed by atoms with E-state index in [0.717, 1.165) is 25.7 Å². The third kappa shape index (κ3) is 5.46. The first-order chi connectivity index (χ1) is 13.0. The molecule has 0 unspecified atom stereocenters. The molecule has 1 aromatic rings. The van der Waals surface area contributed by atoms with Gasteiger partial charge in [0.1, 0.15) is 0 Å². The van der Waals surface area contributed by atoms with Crippen molar-refractivity contribution in [3.8, 4) is 17.2 Å². The Kier molecular flexibility index (Phi) is 7.66. The highest BCUT2D eigenvalue weighted by Crippen LogP contribution is 2.38. The average Bonchev–Trinajstić information content (AvgIpc) is 2.71. The normalized spacial score (nSPS) is 14.0. The second-order valence-electron chi connectivity index (χ2n) is 6.15. The molecule has 9 heteroatoms. The summed E-state index contributed by atoms with van der Waals surface area (Å²) in [6, 6.07) is 3.03. The van der Waals surface area contributed by atoms with Gasteiger partial charge in [0.25, 0.3) is 5.91 Å². The summed E-state index contributed by atoms with van der Waals surface area (Å²) in [5, 5.41) is 2.51. The topological polar surface area (TPSA) is 97.9 Å². The van der Waals surface area contributed by atoms with Crippen LogP contribution in [0.5, 0.6) is 17.2 Å². The quantitative estimate of drug-likeness (QED) is 0.518. The molecule has 0 aliphatic heterocycles. The highest BCUT2D eigenvalue weighted by molar-refractivity contribution is 7.80. The van der Waals surface area contributed by atoms with E-state index in [1.807, 2.05) is 0 Å². The molecule has 8 nitrogen and oxygen atoms in total. The fourth-order valence-corrected chi connectivity index (χ4v) is 3.15. The summed E-state index contributed by atoms with van der Waals surface area (Å²) in [7, 11) is 4.41. The molecule has 27 heavy (non-hydrogen) atoms. The number of ether oxygens (including phenoxy) is 3. The molecule has 0 atom stereocenters. The van der Waals surface area contributed by atoms with E-state index in [9.17, 15) is 9.59 Å². The molecule has 0 spiro atoms. The summed E-state index contributed by atoms with van der Waals surface area (Å²) in [6.45, 7) is 0. The number of hydrogen-bond acceptors (Lipinski definition) is 6. The summed E-state index contributed by atoms with van der Waals surface area (Å²) in [5.41, 5.74) is 5.40. The van der Waals surface area contributed by atoms with Crippen molar-refractivity contribution in [2.75, 3.05) is 21.3 Å². The lowest BCUT2D eigenvalue weighted by Gasteiger charge is -2.21. The maximum absolute atomic E-state index is 12.4. The number of benzene rings is 1. The third-order valence-electron chi connectivity index (χ3n) is 4.43. The van der Waals surface area contributed by atoms with Crippen LogP contribution in [0.25, 0.3) is 0 Å². The molecule has 3 N–H and O–H groups in total. The standard InChI is InChI=1S/C18H25N3O5S/c1-24-13-9-12(10-14(25-2)15(13)26-3)16(22)19-18(27)21-20-17(23)11-7-5-4-6-8-11/h9-11H,4-8H2,1-3H3,(H,20,23)(H2,19,21,22,27). The average molecular weight is 395 g/mol. The molecule has 148 valence electrons. The Morgan fingerprint density at radius 1 is 0.963 bits per heavy atom. The molecular weight excluding hydrogens is 370 g/mol. The van der Waals surface area contributed by atoms with Crippen LogP contribution in [0.4, 0.5) is 0 Å². The summed E-state index contributed by atoms with van der Waals surface area (Å²) in [4.78, 5) is 24.5. The van der Waals surface area contributed by atoms with Crippen molar-refractivity contribution in [3.63, 3.8) is 0 Å². The van der Waals surface area contributed by atoms with E-state index >= 15 is 0 Å². The van der Waals surface area contributed by atoms with Gasteiger partial charge in [-0.15, -0.1) is 0 Å². The largest absolute Gasteiger partial charge is 0.493 e. The van der Waals surface area contributed by atoms with Crippen molar-refractivity contribution >= 4 is 29.1 Å². The second-order valence-corrected chi connectivity index (χ2v) is 6.55. The van der Waals surface area contributed by atoms with Gasteiger partial charge >= 0.3 is 0 Å². The number of carbonyl (C=O) groups excluding carboxylic acids is 2. The predicted molar refractivity (Wildman–Crippen MR) is 104 cm³/mol. The second kappa shape index (κ2) is 9.96. The molecule has 2 amide bonds. The van der Waals surface area contributed by atoms with Gasteiger partial charge in [-0.1, -0.05) is 19.3 Å². The van der Waals surface area contributed by atoms with Crippen molar-refractivity contribution in [1.82, 2.24) is 16.2 Å². The number of amides is 2. The van der Waals surface area contributed by atoms with Crippen molar-refractivity contribution in [2.45, 2.75) is 32.1 Å². The zero-order chi connectivity index (χ0) is 19.8. The molecule has 0 saturated heterocycles. The van der Waals surface area contributed by atoms with Crippen LogP contribution in [-0.4, -0.2) is 38.3 Å². The SMILES string of the molecule is COc1cc(C(=O)NC(=S)NNC(=O)C2CCCCC2)cc(OC)c1OC. The van der Waals surface area contributed by atoms with Gasteiger partial charge in [0.2, 0.25) is 11.7 Å². The zero-order valence-corrected chi connectivity index (χ0v) is 16.5. The number of nitrogens with one attached hydrogen (secondary N) is 3. The minimum atomic E-state index is -0.473. The van der Waals surface area contributed by atoms with Gasteiger partial charge in [-0.05, 0) is 37.2 Å². The van der Waals surface area contributed by atoms with Gasteiger partial charge in [-0.3, -0.25) is 25.8 Å². The Labute approximate surface area is 163 Å². The van der Waals surface area contributed by atoms with E-state index in [4.69, 9.17) is 26.4 Å². The Balaban J connectivity index is 1.95. The van der Waals surface area contributed by atoms with Crippen LogP contribution in [0.1, 0.15) is 42.5 Å². The Hall–Kier alpha value is -2.55. The highest BCUT2D eigenvalue weighted by atomic mass is 32.1. The van der Waals surface area contributed by atoms with Crippen molar-refractivity contribution in [1.29, 1.82) is 0 Å². The van der Waals surface area contributed by atoms with Crippen LogP contribution in [-0.2, 0) is 4.79 Å². The summed E-state index contributed by atoms with van der Waals surface area (Å²) in [6.07, 6.45) is 5.03. The maximum Gasteiger partial charge on any atom is 0.257 e. The van der Waals surface area contributed by atoms with Gasteiger partial charge in [0.15, 0.2) is 16.6 Å². The van der Waals surface area contributed by atoms with Gasteiger partial charge in [-0.25, -0.2) is 0 Å². The minimum absolute atomic E-state index is 0.00193. The van der Waals surface area contributed by atoms with Crippen LogP contribution < -0.4 is 30.4 Å². The molecule has 1 aliphatic carbocycles. The van der Waals surface area contributed by atoms with Crippen molar-refractivity contribution in [2.24, 2.45) is 5.92 Å². The zero-order valence-electron chi connectivity index (χ0n) is 15.7. The Morgan fingerprint density at radius 2 is 1.56 bits per heavy atom. The molecule has 0 aromatic heterocycles. The molecule has 1 saturated carbocycles. The van der Waals surface area contributed by atoms with Crippen LogP contribution >= 0.6 is 12.2 Å². The molecule has 0 heterocycles. The molecule has 0 bridgehead atoms. The van der Waals surface area contributed by atoms with Crippen molar-refractivity contribution < 1.29 is 23.8 Å². The lowest BCUT2D eigenvalue weighted by Crippen LogP contribution is -2.50. The number of methoxy groups -OCH3 is 3. The predicted octanol–water partition coefficient (Wildman–Crippen LogP) is 1.93. The molecule has 1 aromatic carbocycles. The summed E-state index contributed by atoms with van der Waals surface area (Å²) >= 11 is 5.08. The number of carbonyl (C=O) groups is 2. The molecule has 2 rings (SSSR count). The number of hydrazine groups is 1. The maximum atomic E-state index is 12.4. The van der Waals surface area contributed by atoms with E-state index in [0.29, 0.717) is 17.2 Å². The fraction of sp³-hybridized carbons (Fsp3) is 0.500. The smallest absolute Gasteiger partial charge is 0.257 e. The Bertz CT molecular complexity index is 679. The first-order valence-electron chi connectivity index (χ1n) is 8.71. The highest BCUT2D eigenvalue weighted by Gasteiger charge is 2.21. The first-order valence-corrected chi connectivity index (χ1v) is 9.12. The van der Waals surface area contributed by atoms with E-state index in [1.54, 1.807) is 0 Å². The molecule has 1 fully saturated rings. The van der Waals surface area contributed by atoms with Crippen molar-refractivity contribution in [3.05, 3.63) is 17.7 Å². The van der Waals surface area contributed by atoms with Crippen LogP contribution in [0.2, 0.25) is 0 Å². The fourth-order valence-electron chi connectivity index (χ4n) is 3.00. The molecular formula is C18H25N3O5S.